The van der Waals surface area contributed by atoms with Gasteiger partial charge in [-0.2, -0.15) is 0 Å². The highest BCUT2D eigenvalue weighted by Gasteiger charge is 2.40. The van der Waals surface area contributed by atoms with Gasteiger partial charge in [0.25, 0.3) is 5.69 Å². The van der Waals surface area contributed by atoms with E-state index >= 15 is 0 Å². The summed E-state index contributed by atoms with van der Waals surface area (Å²) >= 11 is 0. The second kappa shape index (κ2) is 8.80. The van der Waals surface area contributed by atoms with E-state index < -0.39 is 18.3 Å². The number of nitro benzene ring substituents is 1. The van der Waals surface area contributed by atoms with E-state index in [9.17, 15) is 19.8 Å². The van der Waals surface area contributed by atoms with Crippen molar-refractivity contribution in [2.45, 2.75) is 19.6 Å². The first-order valence-electron chi connectivity index (χ1n) is 8.09. The van der Waals surface area contributed by atoms with Crippen molar-refractivity contribution < 1.29 is 23.6 Å². The molecule has 0 bridgehead atoms. The van der Waals surface area contributed by atoms with Gasteiger partial charge in [0.2, 0.25) is 0 Å². The highest BCUT2D eigenvalue weighted by Crippen LogP contribution is 2.62. The van der Waals surface area contributed by atoms with Crippen molar-refractivity contribution in [3.8, 4) is 5.75 Å². The number of anilines is 1. The normalized spacial score (nSPS) is 12.5. The molecule has 8 nitrogen and oxygen atoms in total. The van der Waals surface area contributed by atoms with Gasteiger partial charge in [0, 0.05) is 6.07 Å². The average Bonchev–Trinajstić information content (AvgIpc) is 2.61. The molecular weight excluding hydrogens is 359 g/mol. The van der Waals surface area contributed by atoms with E-state index in [-0.39, 0.29) is 35.9 Å². The van der Waals surface area contributed by atoms with Crippen LogP contribution < -0.4 is 5.32 Å². The monoisotopic (exact) mass is 380 g/mol. The fraction of sp³-hybridized carbons (Fsp3) is 0.294. The number of hydrogen-bond donors (Lipinski definition) is 2. The Labute approximate surface area is 151 Å². The molecule has 0 amide bonds. The van der Waals surface area contributed by atoms with Crippen molar-refractivity contribution in [1.82, 2.24) is 0 Å². The van der Waals surface area contributed by atoms with Crippen LogP contribution in [0.2, 0.25) is 0 Å². The molecule has 0 heterocycles. The Morgan fingerprint density at radius 3 is 2.27 bits per heavy atom. The molecule has 0 aromatic heterocycles. The second-order valence-electron chi connectivity index (χ2n) is 5.26. The van der Waals surface area contributed by atoms with Crippen LogP contribution in [0.5, 0.6) is 5.75 Å². The lowest BCUT2D eigenvalue weighted by Gasteiger charge is -2.28. The van der Waals surface area contributed by atoms with Gasteiger partial charge in [-0.3, -0.25) is 14.7 Å². The number of benzene rings is 2. The Kier molecular flexibility index (Phi) is 6.74. The quantitative estimate of drug-likeness (QED) is 0.281. The first-order valence-corrected chi connectivity index (χ1v) is 9.70. The van der Waals surface area contributed by atoms with Crippen molar-refractivity contribution in [3.63, 3.8) is 0 Å². The Morgan fingerprint density at radius 2 is 1.69 bits per heavy atom. The van der Waals surface area contributed by atoms with Crippen LogP contribution in [0.4, 0.5) is 11.4 Å². The Bertz CT molecular complexity index is 803. The summed E-state index contributed by atoms with van der Waals surface area (Å²) in [6.45, 7) is 3.50. The highest BCUT2D eigenvalue weighted by atomic mass is 31.2. The third kappa shape index (κ3) is 4.40. The van der Waals surface area contributed by atoms with Crippen LogP contribution in [0.15, 0.2) is 48.5 Å². The maximum atomic E-state index is 13.4. The SMILES string of the molecule is CCOP(=O)(OCC)C(Nc1ccccc1O)c1ccccc1[N+](=O)[O-]. The molecule has 1 unspecified atom stereocenters. The van der Waals surface area contributed by atoms with Gasteiger partial charge in [-0.25, -0.2) is 0 Å². The molecule has 0 fully saturated rings. The molecule has 2 aromatic carbocycles. The molecule has 140 valence electrons. The van der Waals surface area contributed by atoms with E-state index in [2.05, 4.69) is 5.32 Å². The molecule has 0 aliphatic carbocycles. The van der Waals surface area contributed by atoms with E-state index in [4.69, 9.17) is 9.05 Å². The number of aromatic hydroxyl groups is 1. The number of phenolic OH excluding ortho intramolecular Hbond substituents is 1. The molecule has 9 heteroatoms. The van der Waals surface area contributed by atoms with Gasteiger partial charge in [0.1, 0.15) is 5.75 Å². The summed E-state index contributed by atoms with van der Waals surface area (Å²) in [4.78, 5) is 10.9. The molecule has 0 aliphatic heterocycles. The van der Waals surface area contributed by atoms with Crippen molar-refractivity contribution in [3.05, 3.63) is 64.2 Å². The Hall–Kier alpha value is -2.41. The first kappa shape index (κ1) is 19.9. The third-order valence-electron chi connectivity index (χ3n) is 3.56. The number of hydrogen-bond acceptors (Lipinski definition) is 7. The van der Waals surface area contributed by atoms with Gasteiger partial charge in [0.15, 0.2) is 5.78 Å². The fourth-order valence-corrected chi connectivity index (χ4v) is 4.45. The standard InChI is InChI=1S/C17H21N2O6P/c1-3-24-26(23,25-4-2)17(18-14-10-6-8-12-16(14)20)13-9-5-7-11-15(13)19(21)22/h5-12,17-18,20H,3-4H2,1-2H3. The lowest BCUT2D eigenvalue weighted by Crippen LogP contribution is -2.16. The summed E-state index contributed by atoms with van der Waals surface area (Å²) in [6.07, 6.45) is 0. The molecule has 0 radical (unpaired) electrons. The minimum absolute atomic E-state index is 0.0874. The van der Waals surface area contributed by atoms with Crippen LogP contribution in [0.25, 0.3) is 0 Å². The van der Waals surface area contributed by atoms with Gasteiger partial charge in [-0.1, -0.05) is 24.3 Å². The zero-order valence-electron chi connectivity index (χ0n) is 14.5. The zero-order chi connectivity index (χ0) is 19.2. The lowest BCUT2D eigenvalue weighted by molar-refractivity contribution is -0.385. The van der Waals surface area contributed by atoms with Crippen molar-refractivity contribution >= 4 is 19.0 Å². The number of para-hydroxylation sites is 3. The summed E-state index contributed by atoms with van der Waals surface area (Å²) in [6, 6.07) is 12.2. The predicted molar refractivity (Wildman–Crippen MR) is 98.4 cm³/mol. The maximum absolute atomic E-state index is 13.4. The maximum Gasteiger partial charge on any atom is 0.357 e. The van der Waals surface area contributed by atoms with Gasteiger partial charge in [-0.15, -0.1) is 0 Å². The number of phenols is 1. The van der Waals surface area contributed by atoms with Crippen LogP contribution in [-0.4, -0.2) is 23.2 Å². The smallest absolute Gasteiger partial charge is 0.357 e. The minimum Gasteiger partial charge on any atom is -0.506 e. The molecular formula is C17H21N2O6P. The number of nitro groups is 1. The van der Waals surface area contributed by atoms with Crippen LogP contribution in [-0.2, 0) is 13.6 Å². The summed E-state index contributed by atoms with van der Waals surface area (Å²) in [5.41, 5.74) is 0.182. The molecule has 0 saturated carbocycles. The largest absolute Gasteiger partial charge is 0.506 e. The van der Waals surface area contributed by atoms with E-state index in [0.29, 0.717) is 0 Å². The summed E-state index contributed by atoms with van der Waals surface area (Å²) < 4.78 is 24.2. The van der Waals surface area contributed by atoms with E-state index in [1.54, 1.807) is 38.1 Å². The first-order chi connectivity index (χ1) is 12.4. The minimum atomic E-state index is -3.83. The fourth-order valence-electron chi connectivity index (χ4n) is 2.50. The lowest BCUT2D eigenvalue weighted by atomic mass is 10.1. The molecule has 1 atom stereocenters. The number of rotatable bonds is 9. The summed E-state index contributed by atoms with van der Waals surface area (Å²) in [7, 11) is -3.83. The van der Waals surface area contributed by atoms with Gasteiger partial charge >= 0.3 is 7.60 Å². The molecule has 0 aliphatic rings. The van der Waals surface area contributed by atoms with Gasteiger partial charge in [0.05, 0.1) is 29.4 Å². The van der Waals surface area contributed by atoms with E-state index in [1.807, 2.05) is 0 Å². The second-order valence-corrected chi connectivity index (χ2v) is 7.37. The third-order valence-corrected chi connectivity index (χ3v) is 5.83. The Balaban J connectivity index is 2.60. The predicted octanol–water partition coefficient (Wildman–Crippen LogP) is 4.68. The van der Waals surface area contributed by atoms with Crippen LogP contribution in [0.3, 0.4) is 0 Å². The molecule has 2 N–H and O–H groups in total. The van der Waals surface area contributed by atoms with Gasteiger partial charge in [-0.05, 0) is 32.0 Å². The topological polar surface area (TPSA) is 111 Å². The summed E-state index contributed by atoms with van der Waals surface area (Å²) in [5.74, 6) is -1.26. The summed E-state index contributed by atoms with van der Waals surface area (Å²) in [5, 5.41) is 24.4. The molecule has 0 spiro atoms. The van der Waals surface area contributed by atoms with Gasteiger partial charge < -0.3 is 19.5 Å². The highest BCUT2D eigenvalue weighted by molar-refractivity contribution is 7.54. The van der Waals surface area contributed by atoms with Crippen LogP contribution in [0.1, 0.15) is 25.2 Å². The molecule has 26 heavy (non-hydrogen) atoms. The molecule has 2 rings (SSSR count). The van der Waals surface area contributed by atoms with E-state index in [1.165, 1.54) is 24.3 Å². The van der Waals surface area contributed by atoms with E-state index in [0.717, 1.165) is 0 Å². The number of nitrogens with one attached hydrogen (secondary N) is 1. The van der Waals surface area contributed by atoms with Crippen LogP contribution >= 0.6 is 7.60 Å². The van der Waals surface area contributed by atoms with Crippen molar-refractivity contribution in [2.24, 2.45) is 0 Å². The average molecular weight is 380 g/mol. The van der Waals surface area contributed by atoms with Crippen molar-refractivity contribution in [1.29, 1.82) is 0 Å². The Morgan fingerprint density at radius 1 is 1.12 bits per heavy atom. The molecule has 2 aromatic rings. The number of nitrogens with zero attached hydrogens (tertiary/aromatic N) is 1. The van der Waals surface area contributed by atoms with Crippen molar-refractivity contribution in [2.75, 3.05) is 18.5 Å². The molecule has 0 saturated heterocycles. The zero-order valence-corrected chi connectivity index (χ0v) is 15.4. The van der Waals surface area contributed by atoms with Crippen LogP contribution in [0, 0.1) is 10.1 Å².